The molecule has 0 radical (unpaired) electrons. The summed E-state index contributed by atoms with van der Waals surface area (Å²) >= 11 is 0. The molecule has 7 nitrogen and oxygen atoms in total. The van der Waals surface area contributed by atoms with E-state index in [2.05, 4.69) is 27.3 Å². The lowest BCUT2D eigenvalue weighted by atomic mass is 9.97. The Balaban J connectivity index is 1.31. The number of carbonyl (C=O) groups is 1. The number of benzene rings is 1. The van der Waals surface area contributed by atoms with Gasteiger partial charge in [-0.1, -0.05) is 12.8 Å². The highest BCUT2D eigenvalue weighted by Gasteiger charge is 2.32. The van der Waals surface area contributed by atoms with Crippen molar-refractivity contribution in [1.82, 2.24) is 9.29 Å². The number of pyridine rings is 1. The van der Waals surface area contributed by atoms with Crippen molar-refractivity contribution < 1.29 is 13.2 Å². The number of rotatable bonds is 5. The lowest BCUT2D eigenvalue weighted by Gasteiger charge is -2.30. The molecule has 1 aromatic carbocycles. The number of nitrogens with zero attached hydrogens (tertiary/aromatic N) is 3. The van der Waals surface area contributed by atoms with Gasteiger partial charge in [0.15, 0.2) is 0 Å². The summed E-state index contributed by atoms with van der Waals surface area (Å²) in [6.45, 7) is 2.85. The molecule has 0 saturated carbocycles. The first kappa shape index (κ1) is 21.8. The SMILES string of the molecule is O=C(Nc1ccc(N2CCCCCC2)cc1)C1CCN(S(=O)(=O)c2cccnc2)CC1. The first-order valence-corrected chi connectivity index (χ1v) is 12.5. The third-order valence-electron chi connectivity index (χ3n) is 6.20. The smallest absolute Gasteiger partial charge is 0.244 e. The fourth-order valence-corrected chi connectivity index (χ4v) is 5.77. The predicted octanol–water partition coefficient (Wildman–Crippen LogP) is 3.50. The summed E-state index contributed by atoms with van der Waals surface area (Å²) in [6, 6.07) is 11.2. The number of carbonyl (C=O) groups excluding carboxylic acids is 1. The number of sulfonamides is 1. The van der Waals surface area contributed by atoms with Crippen LogP contribution in [0.2, 0.25) is 0 Å². The van der Waals surface area contributed by atoms with Gasteiger partial charge in [0.2, 0.25) is 15.9 Å². The Hall–Kier alpha value is -2.45. The molecule has 0 spiro atoms. The van der Waals surface area contributed by atoms with Gasteiger partial charge in [-0.15, -0.1) is 0 Å². The number of amides is 1. The maximum absolute atomic E-state index is 12.7. The lowest BCUT2D eigenvalue weighted by Crippen LogP contribution is -2.41. The summed E-state index contributed by atoms with van der Waals surface area (Å²) in [7, 11) is -3.55. The number of piperidine rings is 1. The van der Waals surface area contributed by atoms with Gasteiger partial charge < -0.3 is 10.2 Å². The zero-order valence-corrected chi connectivity index (χ0v) is 18.6. The van der Waals surface area contributed by atoms with Gasteiger partial charge >= 0.3 is 0 Å². The summed E-state index contributed by atoms with van der Waals surface area (Å²) in [5, 5.41) is 3.00. The standard InChI is InChI=1S/C23H30N4O3S/c28-23(25-20-7-9-21(10-8-20)26-14-3-1-2-4-15-26)19-11-16-27(17-12-19)31(29,30)22-6-5-13-24-18-22/h5-10,13,18-19H,1-4,11-12,14-17H2,(H,25,28). The van der Waals surface area contributed by atoms with Crippen molar-refractivity contribution in [2.75, 3.05) is 36.4 Å². The van der Waals surface area contributed by atoms with Crippen molar-refractivity contribution >= 4 is 27.3 Å². The lowest BCUT2D eigenvalue weighted by molar-refractivity contribution is -0.120. The van der Waals surface area contributed by atoms with Crippen LogP contribution in [0.4, 0.5) is 11.4 Å². The molecule has 0 aliphatic carbocycles. The minimum Gasteiger partial charge on any atom is -0.372 e. The van der Waals surface area contributed by atoms with Crippen LogP contribution in [0.15, 0.2) is 53.7 Å². The number of anilines is 2. The quantitative estimate of drug-likeness (QED) is 0.766. The van der Waals surface area contributed by atoms with Crippen LogP contribution in [-0.2, 0) is 14.8 Å². The fraction of sp³-hybridized carbons (Fsp3) is 0.478. The number of hydrogen-bond donors (Lipinski definition) is 1. The second-order valence-corrected chi connectivity index (χ2v) is 10.2. The molecule has 0 atom stereocenters. The van der Waals surface area contributed by atoms with Crippen LogP contribution in [-0.4, -0.2) is 49.8 Å². The zero-order valence-electron chi connectivity index (χ0n) is 17.7. The predicted molar refractivity (Wildman–Crippen MR) is 121 cm³/mol. The molecule has 3 heterocycles. The molecule has 1 N–H and O–H groups in total. The molecular weight excluding hydrogens is 412 g/mol. The van der Waals surface area contributed by atoms with Gasteiger partial charge in [-0.05, 0) is 62.1 Å². The van der Waals surface area contributed by atoms with Crippen molar-refractivity contribution in [1.29, 1.82) is 0 Å². The van der Waals surface area contributed by atoms with Gasteiger partial charge in [0.05, 0.1) is 0 Å². The van der Waals surface area contributed by atoms with Crippen LogP contribution in [0, 0.1) is 5.92 Å². The molecular formula is C23H30N4O3S. The van der Waals surface area contributed by atoms with Crippen LogP contribution in [0.3, 0.4) is 0 Å². The van der Waals surface area contributed by atoms with E-state index in [1.807, 2.05) is 12.1 Å². The summed E-state index contributed by atoms with van der Waals surface area (Å²) in [4.78, 5) is 19.2. The third kappa shape index (κ3) is 5.25. The van der Waals surface area contributed by atoms with E-state index in [-0.39, 0.29) is 16.7 Å². The fourth-order valence-electron chi connectivity index (χ4n) is 4.34. The topological polar surface area (TPSA) is 82.6 Å². The van der Waals surface area contributed by atoms with E-state index >= 15 is 0 Å². The second kappa shape index (κ2) is 9.78. The molecule has 4 rings (SSSR count). The zero-order chi connectivity index (χ0) is 21.7. The van der Waals surface area contributed by atoms with Crippen LogP contribution in [0.5, 0.6) is 0 Å². The highest BCUT2D eigenvalue weighted by Crippen LogP contribution is 2.26. The molecule has 8 heteroatoms. The van der Waals surface area contributed by atoms with Gasteiger partial charge in [0, 0.05) is 55.9 Å². The summed E-state index contributed by atoms with van der Waals surface area (Å²) in [6.07, 6.45) is 9.00. The van der Waals surface area contributed by atoms with Crippen molar-refractivity contribution in [2.24, 2.45) is 5.92 Å². The average Bonchev–Trinajstić information content (AvgIpc) is 3.10. The Morgan fingerprint density at radius 1 is 0.935 bits per heavy atom. The Morgan fingerprint density at radius 2 is 1.61 bits per heavy atom. The minimum atomic E-state index is -3.55. The minimum absolute atomic E-state index is 0.0408. The van der Waals surface area contributed by atoms with Gasteiger partial charge in [-0.2, -0.15) is 4.31 Å². The van der Waals surface area contributed by atoms with E-state index in [1.54, 1.807) is 18.3 Å². The Morgan fingerprint density at radius 3 is 2.23 bits per heavy atom. The van der Waals surface area contributed by atoms with Crippen LogP contribution in [0.25, 0.3) is 0 Å². The Kier molecular flexibility index (Phi) is 6.87. The number of hydrogen-bond acceptors (Lipinski definition) is 5. The van der Waals surface area contributed by atoms with Gasteiger partial charge in [0.1, 0.15) is 4.90 Å². The molecule has 2 fully saturated rings. The average molecular weight is 443 g/mol. The molecule has 1 aromatic heterocycles. The van der Waals surface area contributed by atoms with E-state index in [4.69, 9.17) is 0 Å². The molecule has 2 aliphatic rings. The molecule has 1 amide bonds. The summed E-state index contributed by atoms with van der Waals surface area (Å²) in [5.41, 5.74) is 1.99. The van der Waals surface area contributed by atoms with Crippen molar-refractivity contribution in [3.8, 4) is 0 Å². The van der Waals surface area contributed by atoms with Gasteiger partial charge in [-0.25, -0.2) is 8.42 Å². The first-order chi connectivity index (χ1) is 15.0. The summed E-state index contributed by atoms with van der Waals surface area (Å²) in [5.74, 6) is -0.230. The highest BCUT2D eigenvalue weighted by atomic mass is 32.2. The van der Waals surface area contributed by atoms with E-state index in [0.29, 0.717) is 25.9 Å². The highest BCUT2D eigenvalue weighted by molar-refractivity contribution is 7.89. The molecule has 2 aromatic rings. The van der Waals surface area contributed by atoms with E-state index < -0.39 is 10.0 Å². The molecule has 0 bridgehead atoms. The normalized spacial score (nSPS) is 19.0. The largest absolute Gasteiger partial charge is 0.372 e. The monoisotopic (exact) mass is 442 g/mol. The van der Waals surface area contributed by atoms with E-state index in [0.717, 1.165) is 18.8 Å². The third-order valence-corrected chi connectivity index (χ3v) is 8.09. The van der Waals surface area contributed by atoms with Crippen LogP contribution in [0.1, 0.15) is 38.5 Å². The number of nitrogens with one attached hydrogen (secondary N) is 1. The van der Waals surface area contributed by atoms with Crippen LogP contribution < -0.4 is 10.2 Å². The van der Waals surface area contributed by atoms with Gasteiger partial charge in [0.25, 0.3) is 0 Å². The Bertz CT molecular complexity index is 964. The number of aromatic nitrogens is 1. The maximum Gasteiger partial charge on any atom is 0.244 e. The second-order valence-electron chi connectivity index (χ2n) is 8.30. The van der Waals surface area contributed by atoms with Crippen LogP contribution >= 0.6 is 0 Å². The maximum atomic E-state index is 12.7. The Labute approximate surface area is 184 Å². The van der Waals surface area contributed by atoms with Gasteiger partial charge in [-0.3, -0.25) is 9.78 Å². The van der Waals surface area contributed by atoms with Crippen molar-refractivity contribution in [2.45, 2.75) is 43.4 Å². The first-order valence-electron chi connectivity index (χ1n) is 11.1. The van der Waals surface area contributed by atoms with Crippen molar-refractivity contribution in [3.63, 3.8) is 0 Å². The van der Waals surface area contributed by atoms with E-state index in [1.165, 1.54) is 41.9 Å². The summed E-state index contributed by atoms with van der Waals surface area (Å²) < 4.78 is 26.9. The molecule has 31 heavy (non-hydrogen) atoms. The molecule has 0 unspecified atom stereocenters. The molecule has 2 aliphatic heterocycles. The molecule has 2 saturated heterocycles. The molecule has 166 valence electrons. The van der Waals surface area contributed by atoms with Crippen molar-refractivity contribution in [3.05, 3.63) is 48.8 Å². The van der Waals surface area contributed by atoms with E-state index in [9.17, 15) is 13.2 Å².